The summed E-state index contributed by atoms with van der Waals surface area (Å²) in [6.07, 6.45) is 3.63. The first-order valence-electron chi connectivity index (χ1n) is 9.53. The second kappa shape index (κ2) is 9.39. The van der Waals surface area contributed by atoms with Crippen LogP contribution in [0.5, 0.6) is 0 Å². The zero-order chi connectivity index (χ0) is 18.2. The molecule has 1 saturated heterocycles. The topological polar surface area (TPSA) is 35.6 Å². The molecule has 1 aliphatic rings. The van der Waals surface area contributed by atoms with Gasteiger partial charge >= 0.3 is 6.03 Å². The van der Waals surface area contributed by atoms with Gasteiger partial charge in [-0.15, -0.1) is 0 Å². The fourth-order valence-corrected chi connectivity index (χ4v) is 3.59. The molecule has 2 aromatic rings. The zero-order valence-electron chi connectivity index (χ0n) is 15.6. The van der Waals surface area contributed by atoms with Crippen LogP contribution in [0.15, 0.2) is 60.7 Å². The van der Waals surface area contributed by atoms with Crippen molar-refractivity contribution < 1.29 is 4.79 Å². The van der Waals surface area contributed by atoms with Gasteiger partial charge in [0.25, 0.3) is 0 Å². The van der Waals surface area contributed by atoms with E-state index in [-0.39, 0.29) is 6.03 Å². The Bertz CT molecular complexity index is 674. The van der Waals surface area contributed by atoms with Crippen molar-refractivity contribution in [3.05, 3.63) is 71.8 Å². The average Bonchev–Trinajstić information content (AvgIpc) is 2.68. The van der Waals surface area contributed by atoms with Crippen LogP contribution in [0.1, 0.15) is 30.4 Å². The van der Waals surface area contributed by atoms with Crippen molar-refractivity contribution in [3.63, 3.8) is 0 Å². The van der Waals surface area contributed by atoms with Crippen molar-refractivity contribution >= 4 is 6.03 Å². The summed E-state index contributed by atoms with van der Waals surface area (Å²) in [6.45, 7) is 3.41. The lowest BCUT2D eigenvalue weighted by Gasteiger charge is -2.36. The van der Waals surface area contributed by atoms with E-state index in [9.17, 15) is 4.79 Å². The van der Waals surface area contributed by atoms with Crippen molar-refractivity contribution in [2.75, 3.05) is 20.1 Å². The van der Waals surface area contributed by atoms with Gasteiger partial charge in [-0.1, -0.05) is 67.1 Å². The molecule has 2 amide bonds. The Labute approximate surface area is 156 Å². The van der Waals surface area contributed by atoms with E-state index < -0.39 is 0 Å². The Kier molecular flexibility index (Phi) is 6.67. The molecule has 1 unspecified atom stereocenters. The Morgan fingerprint density at radius 2 is 1.69 bits per heavy atom. The molecule has 0 radical (unpaired) electrons. The lowest BCUT2D eigenvalue weighted by atomic mass is 10.0. The van der Waals surface area contributed by atoms with Crippen molar-refractivity contribution in [3.8, 4) is 0 Å². The number of piperidine rings is 1. The largest absolute Gasteiger partial charge is 0.336 e. The number of amides is 2. The van der Waals surface area contributed by atoms with Crippen LogP contribution in [0, 0.1) is 0 Å². The maximum Gasteiger partial charge on any atom is 0.317 e. The predicted octanol–water partition coefficient (Wildman–Crippen LogP) is 3.88. The van der Waals surface area contributed by atoms with Gasteiger partial charge in [0.05, 0.1) is 0 Å². The van der Waals surface area contributed by atoms with E-state index in [1.165, 1.54) is 18.4 Å². The van der Waals surface area contributed by atoms with E-state index in [1.54, 1.807) is 4.90 Å². The van der Waals surface area contributed by atoms with Crippen molar-refractivity contribution in [2.45, 2.75) is 38.4 Å². The number of urea groups is 1. The summed E-state index contributed by atoms with van der Waals surface area (Å²) in [6, 6.07) is 21.1. The molecule has 26 heavy (non-hydrogen) atoms. The van der Waals surface area contributed by atoms with E-state index in [0.717, 1.165) is 25.1 Å². The second-order valence-electron chi connectivity index (χ2n) is 7.13. The number of nitrogens with one attached hydrogen (secondary N) is 1. The van der Waals surface area contributed by atoms with Gasteiger partial charge in [0.2, 0.25) is 0 Å². The number of hydrogen-bond donors (Lipinski definition) is 1. The van der Waals surface area contributed by atoms with Crippen LogP contribution in [-0.4, -0.2) is 42.0 Å². The minimum absolute atomic E-state index is 0.000845. The standard InChI is InChI=1S/C22H29N3O/c1-24(17-19-10-4-2-5-11-19)22(26)23-16-21-14-8-9-15-25(21)18-20-12-6-3-7-13-20/h2-7,10-13,21H,8-9,14-18H2,1H3,(H,23,26). The Morgan fingerprint density at radius 1 is 1.04 bits per heavy atom. The summed E-state index contributed by atoms with van der Waals surface area (Å²) >= 11 is 0. The first-order valence-corrected chi connectivity index (χ1v) is 9.53. The number of hydrogen-bond acceptors (Lipinski definition) is 2. The number of nitrogens with zero attached hydrogens (tertiary/aromatic N) is 2. The molecule has 0 saturated carbocycles. The minimum Gasteiger partial charge on any atom is -0.336 e. The third-order valence-electron chi connectivity index (χ3n) is 5.08. The van der Waals surface area contributed by atoms with Crippen molar-refractivity contribution in [2.24, 2.45) is 0 Å². The second-order valence-corrected chi connectivity index (χ2v) is 7.13. The van der Waals surface area contributed by atoms with Crippen LogP contribution in [0.4, 0.5) is 4.79 Å². The van der Waals surface area contributed by atoms with Crippen LogP contribution in [0.3, 0.4) is 0 Å². The van der Waals surface area contributed by atoms with Crippen LogP contribution in [0.2, 0.25) is 0 Å². The molecule has 0 bridgehead atoms. The highest BCUT2D eigenvalue weighted by Crippen LogP contribution is 2.19. The lowest BCUT2D eigenvalue weighted by molar-refractivity contribution is 0.135. The average molecular weight is 351 g/mol. The van der Waals surface area contributed by atoms with Gasteiger partial charge in [-0.25, -0.2) is 4.79 Å². The number of rotatable bonds is 6. The fourth-order valence-electron chi connectivity index (χ4n) is 3.59. The van der Waals surface area contributed by atoms with E-state index >= 15 is 0 Å². The third-order valence-corrected chi connectivity index (χ3v) is 5.08. The zero-order valence-corrected chi connectivity index (χ0v) is 15.6. The maximum absolute atomic E-state index is 12.5. The summed E-state index contributed by atoms with van der Waals surface area (Å²) < 4.78 is 0. The first kappa shape index (κ1) is 18.5. The molecule has 0 spiro atoms. The van der Waals surface area contributed by atoms with E-state index in [4.69, 9.17) is 0 Å². The van der Waals surface area contributed by atoms with Crippen LogP contribution in [0.25, 0.3) is 0 Å². The van der Waals surface area contributed by atoms with E-state index in [0.29, 0.717) is 19.1 Å². The normalized spacial score (nSPS) is 17.7. The molecule has 1 heterocycles. The van der Waals surface area contributed by atoms with Crippen LogP contribution < -0.4 is 5.32 Å². The minimum atomic E-state index is -0.000845. The summed E-state index contributed by atoms with van der Waals surface area (Å²) in [4.78, 5) is 16.7. The molecule has 0 aromatic heterocycles. The summed E-state index contributed by atoms with van der Waals surface area (Å²) in [7, 11) is 1.85. The lowest BCUT2D eigenvalue weighted by Crippen LogP contribution is -2.48. The quantitative estimate of drug-likeness (QED) is 0.857. The smallest absolute Gasteiger partial charge is 0.317 e. The number of benzene rings is 2. The van der Waals surface area contributed by atoms with Crippen molar-refractivity contribution in [1.29, 1.82) is 0 Å². The highest BCUT2D eigenvalue weighted by atomic mass is 16.2. The maximum atomic E-state index is 12.5. The first-order chi connectivity index (χ1) is 12.7. The van der Waals surface area contributed by atoms with Gasteiger partial charge in [-0.3, -0.25) is 4.90 Å². The van der Waals surface area contributed by atoms with Crippen molar-refractivity contribution in [1.82, 2.24) is 15.1 Å². The molecule has 3 rings (SSSR count). The van der Waals surface area contributed by atoms with Gasteiger partial charge < -0.3 is 10.2 Å². The van der Waals surface area contributed by atoms with E-state index in [2.05, 4.69) is 40.5 Å². The molecule has 1 N–H and O–H groups in total. The SMILES string of the molecule is CN(Cc1ccccc1)C(=O)NCC1CCCCN1Cc1ccccc1. The number of carbonyl (C=O) groups excluding carboxylic acids is 1. The number of carbonyl (C=O) groups is 1. The van der Waals surface area contributed by atoms with Gasteiger partial charge in [0.15, 0.2) is 0 Å². The van der Waals surface area contributed by atoms with E-state index in [1.807, 2.05) is 37.4 Å². The molecule has 4 heteroatoms. The molecule has 1 fully saturated rings. The Morgan fingerprint density at radius 3 is 2.38 bits per heavy atom. The third kappa shape index (κ3) is 5.33. The Balaban J connectivity index is 1.50. The van der Waals surface area contributed by atoms with Gasteiger partial charge in [-0.2, -0.15) is 0 Å². The molecule has 1 aliphatic heterocycles. The van der Waals surface area contributed by atoms with Crippen LogP contribution in [-0.2, 0) is 13.1 Å². The highest BCUT2D eigenvalue weighted by Gasteiger charge is 2.23. The van der Waals surface area contributed by atoms with Crippen LogP contribution >= 0.6 is 0 Å². The van der Waals surface area contributed by atoms with Gasteiger partial charge in [0.1, 0.15) is 0 Å². The highest BCUT2D eigenvalue weighted by molar-refractivity contribution is 5.73. The van der Waals surface area contributed by atoms with Gasteiger partial charge in [-0.05, 0) is 30.5 Å². The monoisotopic (exact) mass is 351 g/mol. The summed E-state index contributed by atoms with van der Waals surface area (Å²) in [5.41, 5.74) is 2.49. The molecule has 138 valence electrons. The summed E-state index contributed by atoms with van der Waals surface area (Å²) in [5, 5.41) is 3.13. The molecular formula is C22H29N3O. The molecule has 4 nitrogen and oxygen atoms in total. The molecule has 2 aromatic carbocycles. The van der Waals surface area contributed by atoms with Gasteiger partial charge in [0, 0.05) is 32.7 Å². The number of likely N-dealkylation sites (tertiary alicyclic amines) is 1. The Hall–Kier alpha value is -2.33. The molecule has 1 atom stereocenters. The predicted molar refractivity (Wildman–Crippen MR) is 106 cm³/mol. The molecule has 0 aliphatic carbocycles. The molecular weight excluding hydrogens is 322 g/mol. The fraction of sp³-hybridized carbons (Fsp3) is 0.409. The summed E-state index contributed by atoms with van der Waals surface area (Å²) in [5.74, 6) is 0.